The fourth-order valence-electron chi connectivity index (χ4n) is 4.27. The van der Waals surface area contributed by atoms with Crippen LogP contribution in [0.3, 0.4) is 0 Å². The van der Waals surface area contributed by atoms with E-state index < -0.39 is 41.2 Å². The van der Waals surface area contributed by atoms with Gasteiger partial charge < -0.3 is 16.0 Å². The van der Waals surface area contributed by atoms with Crippen LogP contribution in [0.2, 0.25) is 0 Å². The lowest BCUT2D eigenvalue weighted by Crippen LogP contribution is -2.48. The lowest BCUT2D eigenvalue weighted by Gasteiger charge is -2.26. The number of aromatic amines is 1. The van der Waals surface area contributed by atoms with E-state index in [0.29, 0.717) is 19.4 Å². The van der Waals surface area contributed by atoms with E-state index in [-0.39, 0.29) is 24.0 Å². The fourth-order valence-corrected chi connectivity index (χ4v) is 4.27. The lowest BCUT2D eigenvalue weighted by atomic mass is 9.96. The number of carbonyl (C=O) groups is 3. The van der Waals surface area contributed by atoms with Crippen LogP contribution in [0.25, 0.3) is 0 Å². The molecule has 1 aliphatic heterocycles. The van der Waals surface area contributed by atoms with Crippen LogP contribution in [0.4, 0.5) is 16.3 Å². The summed E-state index contributed by atoms with van der Waals surface area (Å²) in [7, 11) is 0. The van der Waals surface area contributed by atoms with Gasteiger partial charge in [-0.1, -0.05) is 33.1 Å². The first kappa shape index (κ1) is 24.5. The van der Waals surface area contributed by atoms with Gasteiger partial charge in [-0.3, -0.25) is 28.8 Å². The molecule has 4 amide bonds. The number of amides is 4. The van der Waals surface area contributed by atoms with Gasteiger partial charge in [-0.25, -0.2) is 9.59 Å². The van der Waals surface area contributed by atoms with Crippen molar-refractivity contribution in [2.45, 2.75) is 77.8 Å². The second-order valence-electron chi connectivity index (χ2n) is 9.05. The molecule has 0 spiro atoms. The highest BCUT2D eigenvalue weighted by molar-refractivity contribution is 6.10. The van der Waals surface area contributed by atoms with Crippen LogP contribution in [0.15, 0.2) is 9.59 Å². The normalized spacial score (nSPS) is 20.3. The van der Waals surface area contributed by atoms with Crippen LogP contribution in [-0.4, -0.2) is 50.9 Å². The molecule has 33 heavy (non-hydrogen) atoms. The van der Waals surface area contributed by atoms with Crippen molar-refractivity contribution >= 4 is 29.4 Å². The van der Waals surface area contributed by atoms with Gasteiger partial charge in [0.15, 0.2) is 5.69 Å². The highest BCUT2D eigenvalue weighted by atomic mass is 16.2. The zero-order chi connectivity index (χ0) is 24.3. The quantitative estimate of drug-likeness (QED) is 0.332. The van der Waals surface area contributed by atoms with Crippen molar-refractivity contribution in [3.8, 4) is 0 Å². The number of rotatable bonds is 11. The summed E-state index contributed by atoms with van der Waals surface area (Å²) in [6.07, 6.45) is 5.45. The molecule has 1 saturated heterocycles. The minimum absolute atomic E-state index is 0.0651. The summed E-state index contributed by atoms with van der Waals surface area (Å²) < 4.78 is 1.25. The molecule has 1 unspecified atom stereocenters. The van der Waals surface area contributed by atoms with Gasteiger partial charge in [-0.2, -0.15) is 0 Å². The largest absolute Gasteiger partial charge is 0.383 e. The third-order valence-corrected chi connectivity index (χ3v) is 6.49. The summed E-state index contributed by atoms with van der Waals surface area (Å²) in [5, 5.41) is 2.72. The number of nitrogens with two attached hydrogens (primary N) is 1. The van der Waals surface area contributed by atoms with Gasteiger partial charge in [-0.05, 0) is 38.5 Å². The Morgan fingerprint density at radius 1 is 1.12 bits per heavy atom. The van der Waals surface area contributed by atoms with Crippen molar-refractivity contribution in [1.82, 2.24) is 19.8 Å². The molecule has 3 rings (SSSR count). The number of nitrogen functional groups attached to an aromatic ring is 1. The first-order valence-electron chi connectivity index (χ1n) is 11.7. The molecular formula is C22H34N6O5. The monoisotopic (exact) mass is 462 g/mol. The Morgan fingerprint density at radius 2 is 1.79 bits per heavy atom. The topological polar surface area (TPSA) is 151 Å². The smallest absolute Gasteiger partial charge is 0.330 e. The molecule has 0 radical (unpaired) electrons. The van der Waals surface area contributed by atoms with Gasteiger partial charge >= 0.3 is 11.7 Å². The van der Waals surface area contributed by atoms with Gasteiger partial charge in [0.2, 0.25) is 5.91 Å². The predicted octanol–water partition coefficient (Wildman–Crippen LogP) is 1.16. The van der Waals surface area contributed by atoms with Crippen LogP contribution < -0.4 is 27.2 Å². The van der Waals surface area contributed by atoms with Crippen LogP contribution >= 0.6 is 0 Å². The summed E-state index contributed by atoms with van der Waals surface area (Å²) >= 11 is 0. The van der Waals surface area contributed by atoms with Gasteiger partial charge in [0.25, 0.3) is 11.5 Å². The molecule has 0 aromatic carbocycles. The summed E-state index contributed by atoms with van der Waals surface area (Å²) in [4.78, 5) is 68.2. The third-order valence-electron chi connectivity index (χ3n) is 6.49. The third kappa shape index (κ3) is 4.81. The zero-order valence-corrected chi connectivity index (χ0v) is 19.6. The highest BCUT2D eigenvalue weighted by Gasteiger charge is 2.56. The standard InChI is InChI=1S/C22H34N6O5/c1-4-6-8-12-26(16-17(23)27(11-7-5-2)20(32)24-18(16)30)15(29)13-28-19(31)22(3,14-9-10-14)25-21(28)33/h14H,4-13,23H2,1-3H3,(H,25,33)(H,24,30,32). The number of unbranched alkanes of at least 4 members (excludes halogenated alkanes) is 3. The van der Waals surface area contributed by atoms with Crippen LogP contribution in [-0.2, 0) is 16.1 Å². The first-order chi connectivity index (χ1) is 15.7. The highest BCUT2D eigenvalue weighted by Crippen LogP contribution is 2.42. The number of nitrogens with one attached hydrogen (secondary N) is 2. The van der Waals surface area contributed by atoms with Gasteiger partial charge in [0.05, 0.1) is 0 Å². The van der Waals surface area contributed by atoms with Gasteiger partial charge in [-0.15, -0.1) is 0 Å². The Labute approximate surface area is 192 Å². The number of nitrogens with zero attached hydrogens (tertiary/aromatic N) is 3. The number of imide groups is 1. The average Bonchev–Trinajstić information content (AvgIpc) is 3.58. The van der Waals surface area contributed by atoms with Crippen LogP contribution in [0, 0.1) is 5.92 Å². The summed E-state index contributed by atoms with van der Waals surface area (Å²) in [5.41, 5.74) is 3.68. The maximum absolute atomic E-state index is 13.4. The Morgan fingerprint density at radius 3 is 2.39 bits per heavy atom. The SMILES string of the molecule is CCCCCN(C(=O)CN1C(=O)NC(C)(C2CC2)C1=O)c1c(N)n(CCCC)c(=O)[nH]c1=O. The fraction of sp³-hybridized carbons (Fsp3) is 0.682. The van der Waals surface area contributed by atoms with Crippen LogP contribution in [0.1, 0.15) is 65.7 Å². The molecule has 1 aliphatic carbocycles. The van der Waals surface area contributed by atoms with E-state index >= 15 is 0 Å². The molecule has 0 bridgehead atoms. The number of H-pyrrole nitrogens is 1. The molecule has 182 valence electrons. The Kier molecular flexibility index (Phi) is 7.28. The van der Waals surface area contributed by atoms with Crippen molar-refractivity contribution in [3.63, 3.8) is 0 Å². The maximum Gasteiger partial charge on any atom is 0.330 e. The molecule has 2 aliphatic rings. The van der Waals surface area contributed by atoms with E-state index in [9.17, 15) is 24.0 Å². The Hall–Kier alpha value is -3.11. The minimum Gasteiger partial charge on any atom is -0.383 e. The Bertz CT molecular complexity index is 1040. The van der Waals surface area contributed by atoms with E-state index in [1.54, 1.807) is 6.92 Å². The number of aromatic nitrogens is 2. The van der Waals surface area contributed by atoms with Crippen molar-refractivity contribution in [2.24, 2.45) is 5.92 Å². The molecule has 1 atom stereocenters. The lowest BCUT2D eigenvalue weighted by molar-refractivity contribution is -0.134. The zero-order valence-electron chi connectivity index (χ0n) is 19.6. The van der Waals surface area contributed by atoms with E-state index in [0.717, 1.165) is 37.0 Å². The number of carbonyl (C=O) groups excluding carboxylic acids is 3. The van der Waals surface area contributed by atoms with Crippen molar-refractivity contribution < 1.29 is 14.4 Å². The molecule has 4 N–H and O–H groups in total. The predicted molar refractivity (Wildman–Crippen MR) is 124 cm³/mol. The van der Waals surface area contributed by atoms with E-state index in [1.807, 2.05) is 13.8 Å². The second-order valence-corrected chi connectivity index (χ2v) is 9.05. The van der Waals surface area contributed by atoms with E-state index in [4.69, 9.17) is 5.73 Å². The van der Waals surface area contributed by atoms with Gasteiger partial charge in [0.1, 0.15) is 17.9 Å². The van der Waals surface area contributed by atoms with E-state index in [1.165, 1.54) is 9.47 Å². The Balaban J connectivity index is 1.92. The van der Waals surface area contributed by atoms with Crippen molar-refractivity contribution in [2.75, 3.05) is 23.7 Å². The molecule has 11 heteroatoms. The van der Waals surface area contributed by atoms with E-state index in [2.05, 4.69) is 10.3 Å². The second kappa shape index (κ2) is 9.80. The molecule has 1 aromatic heterocycles. The summed E-state index contributed by atoms with van der Waals surface area (Å²) in [5.74, 6) is -1.07. The average molecular weight is 463 g/mol. The number of anilines is 2. The van der Waals surface area contributed by atoms with Crippen molar-refractivity contribution in [3.05, 3.63) is 20.8 Å². The molecule has 1 aromatic rings. The number of urea groups is 1. The molecule has 2 heterocycles. The van der Waals surface area contributed by atoms with Crippen LogP contribution in [0.5, 0.6) is 0 Å². The minimum atomic E-state index is -1.01. The maximum atomic E-state index is 13.4. The summed E-state index contributed by atoms with van der Waals surface area (Å²) in [6.45, 7) is 5.61. The number of hydrogen-bond donors (Lipinski definition) is 3. The molecule has 1 saturated carbocycles. The van der Waals surface area contributed by atoms with Gasteiger partial charge in [0, 0.05) is 13.1 Å². The number of hydrogen-bond acceptors (Lipinski definition) is 6. The molecular weight excluding hydrogens is 428 g/mol. The summed E-state index contributed by atoms with van der Waals surface area (Å²) in [6, 6.07) is -0.619. The molecule has 2 fully saturated rings. The van der Waals surface area contributed by atoms with Crippen molar-refractivity contribution in [1.29, 1.82) is 0 Å². The first-order valence-corrected chi connectivity index (χ1v) is 11.7. The molecule has 11 nitrogen and oxygen atoms in total.